The molecule has 0 bridgehead atoms. The predicted molar refractivity (Wildman–Crippen MR) is 117 cm³/mol. The Kier molecular flexibility index (Phi) is 3.15. The van der Waals surface area contributed by atoms with Crippen molar-refractivity contribution in [2.45, 2.75) is 6.42 Å². The van der Waals surface area contributed by atoms with Crippen molar-refractivity contribution >= 4 is 28.0 Å². The van der Waals surface area contributed by atoms with E-state index in [1.807, 2.05) is 18.2 Å². The normalized spacial score (nSPS) is 12.3. The summed E-state index contributed by atoms with van der Waals surface area (Å²) in [6.45, 7) is 4.09. The number of hydrogen-bond acceptors (Lipinski definition) is 1. The number of furan rings is 1. The van der Waals surface area contributed by atoms with Gasteiger partial charge < -0.3 is 4.42 Å². The van der Waals surface area contributed by atoms with Crippen molar-refractivity contribution in [2.24, 2.45) is 0 Å². The average molecular weight is 358 g/mol. The fraction of sp³-hybridized carbons (Fsp3) is 0.0370. The number of fused-ring (bicyclic) bond motifs is 6. The lowest BCUT2D eigenvalue weighted by molar-refractivity contribution is 0.669. The van der Waals surface area contributed by atoms with Crippen molar-refractivity contribution in [3.05, 3.63) is 102 Å². The highest BCUT2D eigenvalue weighted by Gasteiger charge is 2.24. The molecule has 1 nitrogen and oxygen atoms in total. The third-order valence-corrected chi connectivity index (χ3v) is 5.92. The maximum atomic E-state index is 6.16. The largest absolute Gasteiger partial charge is 0.456 e. The first-order valence-corrected chi connectivity index (χ1v) is 9.62. The van der Waals surface area contributed by atoms with Gasteiger partial charge in [-0.1, -0.05) is 79.4 Å². The van der Waals surface area contributed by atoms with Crippen LogP contribution in [0.5, 0.6) is 0 Å². The van der Waals surface area contributed by atoms with Crippen LogP contribution in [0.4, 0.5) is 0 Å². The second-order valence-corrected chi connectivity index (χ2v) is 7.37. The molecule has 0 aliphatic heterocycles. The molecule has 0 spiro atoms. The molecular formula is C27H18O. The van der Waals surface area contributed by atoms with E-state index in [0.717, 1.165) is 28.5 Å². The maximum absolute atomic E-state index is 6.16. The zero-order valence-electron chi connectivity index (χ0n) is 15.4. The van der Waals surface area contributed by atoms with Crippen molar-refractivity contribution in [2.75, 3.05) is 0 Å². The molecule has 0 saturated heterocycles. The van der Waals surface area contributed by atoms with Crippen molar-refractivity contribution in [1.82, 2.24) is 0 Å². The highest BCUT2D eigenvalue weighted by molar-refractivity contribution is 6.14. The minimum atomic E-state index is 0.926. The number of benzene rings is 4. The topological polar surface area (TPSA) is 13.1 Å². The molecule has 1 heteroatoms. The van der Waals surface area contributed by atoms with Gasteiger partial charge in [-0.05, 0) is 51.9 Å². The first kappa shape index (κ1) is 15.5. The molecular weight excluding hydrogens is 340 g/mol. The summed E-state index contributed by atoms with van der Waals surface area (Å²) < 4.78 is 6.16. The molecule has 0 unspecified atom stereocenters. The van der Waals surface area contributed by atoms with Crippen LogP contribution in [-0.4, -0.2) is 0 Å². The van der Waals surface area contributed by atoms with Gasteiger partial charge in [0.1, 0.15) is 11.2 Å². The SMILES string of the molecule is C=Cc1ccc2oc3ccccc3c2c1-c1cccc2c1Cc1ccccc1-2. The zero-order valence-corrected chi connectivity index (χ0v) is 15.4. The summed E-state index contributed by atoms with van der Waals surface area (Å²) in [5, 5.41) is 2.33. The molecule has 1 aliphatic carbocycles. The zero-order chi connectivity index (χ0) is 18.7. The molecule has 4 aromatic carbocycles. The van der Waals surface area contributed by atoms with E-state index in [1.54, 1.807) is 0 Å². The fourth-order valence-corrected chi connectivity index (χ4v) is 4.68. The van der Waals surface area contributed by atoms with Gasteiger partial charge in [0.25, 0.3) is 0 Å². The Hall–Kier alpha value is -3.58. The molecule has 0 amide bonds. The molecule has 6 rings (SSSR count). The lowest BCUT2D eigenvalue weighted by Crippen LogP contribution is -1.91. The molecule has 0 saturated carbocycles. The van der Waals surface area contributed by atoms with E-state index in [-0.39, 0.29) is 0 Å². The molecule has 1 aliphatic rings. The Bertz CT molecular complexity index is 1400. The van der Waals surface area contributed by atoms with Crippen LogP contribution in [0.25, 0.3) is 50.3 Å². The standard InChI is InChI=1S/C27H18O/c1-2-17-14-15-25-27(22-10-5-6-13-24(22)28-25)26(17)21-12-7-11-20-19-9-4-3-8-18(19)16-23(20)21/h2-15H,1,16H2. The smallest absolute Gasteiger partial charge is 0.136 e. The van der Waals surface area contributed by atoms with Crippen LogP contribution in [0.1, 0.15) is 16.7 Å². The van der Waals surface area contributed by atoms with E-state index in [0.29, 0.717) is 0 Å². The van der Waals surface area contributed by atoms with Crippen molar-refractivity contribution in [1.29, 1.82) is 0 Å². The second kappa shape index (κ2) is 5.71. The lowest BCUT2D eigenvalue weighted by atomic mass is 9.89. The van der Waals surface area contributed by atoms with Gasteiger partial charge in [0, 0.05) is 16.3 Å². The Morgan fingerprint density at radius 1 is 0.714 bits per heavy atom. The summed E-state index contributed by atoms with van der Waals surface area (Å²) in [4.78, 5) is 0. The summed E-state index contributed by atoms with van der Waals surface area (Å²) in [6, 6.07) is 27.8. The first-order valence-electron chi connectivity index (χ1n) is 9.62. The van der Waals surface area contributed by atoms with Crippen molar-refractivity contribution in [3.8, 4) is 22.3 Å². The molecule has 0 N–H and O–H groups in total. The molecule has 5 aromatic rings. The van der Waals surface area contributed by atoms with Crippen molar-refractivity contribution in [3.63, 3.8) is 0 Å². The average Bonchev–Trinajstić information content (AvgIpc) is 3.31. The fourth-order valence-electron chi connectivity index (χ4n) is 4.68. The maximum Gasteiger partial charge on any atom is 0.136 e. The lowest BCUT2D eigenvalue weighted by Gasteiger charge is -2.13. The van der Waals surface area contributed by atoms with Crippen LogP contribution in [0.15, 0.2) is 89.9 Å². The quantitative estimate of drug-likeness (QED) is 0.313. The van der Waals surface area contributed by atoms with Gasteiger partial charge in [-0.3, -0.25) is 0 Å². The minimum absolute atomic E-state index is 0.926. The Labute approximate surface area is 163 Å². The highest BCUT2D eigenvalue weighted by atomic mass is 16.3. The van der Waals surface area contributed by atoms with Crippen molar-refractivity contribution < 1.29 is 4.42 Å². The van der Waals surface area contributed by atoms with E-state index >= 15 is 0 Å². The summed E-state index contributed by atoms with van der Waals surface area (Å²) in [6.07, 6.45) is 2.92. The third-order valence-electron chi connectivity index (χ3n) is 5.92. The Balaban J connectivity index is 1.74. The van der Waals surface area contributed by atoms with Gasteiger partial charge in [0.05, 0.1) is 0 Å². The first-order chi connectivity index (χ1) is 13.8. The number of hydrogen-bond donors (Lipinski definition) is 0. The molecule has 0 radical (unpaired) electrons. The Morgan fingerprint density at radius 3 is 2.43 bits per heavy atom. The van der Waals surface area contributed by atoms with Gasteiger partial charge in [-0.15, -0.1) is 0 Å². The molecule has 0 atom stereocenters. The van der Waals surface area contributed by atoms with Crippen LogP contribution >= 0.6 is 0 Å². The van der Waals surface area contributed by atoms with Crippen LogP contribution in [0.3, 0.4) is 0 Å². The molecule has 0 fully saturated rings. The number of para-hydroxylation sites is 1. The van der Waals surface area contributed by atoms with Crippen LogP contribution in [-0.2, 0) is 6.42 Å². The Morgan fingerprint density at radius 2 is 1.50 bits per heavy atom. The molecule has 132 valence electrons. The highest BCUT2D eigenvalue weighted by Crippen LogP contribution is 2.46. The summed E-state index contributed by atoms with van der Waals surface area (Å²) in [5.41, 5.74) is 11.0. The van der Waals surface area contributed by atoms with Crippen LogP contribution in [0.2, 0.25) is 0 Å². The van der Waals surface area contributed by atoms with Gasteiger partial charge >= 0.3 is 0 Å². The van der Waals surface area contributed by atoms with Crippen LogP contribution in [0, 0.1) is 0 Å². The monoisotopic (exact) mass is 358 g/mol. The molecule has 28 heavy (non-hydrogen) atoms. The summed E-state index contributed by atoms with van der Waals surface area (Å²) in [7, 11) is 0. The van der Waals surface area contributed by atoms with Gasteiger partial charge in [0.15, 0.2) is 0 Å². The van der Waals surface area contributed by atoms with Crippen LogP contribution < -0.4 is 0 Å². The van der Waals surface area contributed by atoms with E-state index < -0.39 is 0 Å². The minimum Gasteiger partial charge on any atom is -0.456 e. The molecule has 1 heterocycles. The van der Waals surface area contributed by atoms with E-state index in [9.17, 15) is 0 Å². The van der Waals surface area contributed by atoms with E-state index in [2.05, 4.69) is 73.3 Å². The molecule has 1 aromatic heterocycles. The summed E-state index contributed by atoms with van der Waals surface area (Å²) in [5.74, 6) is 0. The second-order valence-electron chi connectivity index (χ2n) is 7.37. The predicted octanol–water partition coefficient (Wildman–Crippen LogP) is 7.47. The van der Waals surface area contributed by atoms with Gasteiger partial charge in [-0.2, -0.15) is 0 Å². The van der Waals surface area contributed by atoms with E-state index in [4.69, 9.17) is 4.42 Å². The van der Waals surface area contributed by atoms with E-state index in [1.165, 1.54) is 38.8 Å². The summed E-state index contributed by atoms with van der Waals surface area (Å²) >= 11 is 0. The number of rotatable bonds is 2. The third kappa shape index (κ3) is 2.02. The van der Waals surface area contributed by atoms with Gasteiger partial charge in [-0.25, -0.2) is 0 Å². The van der Waals surface area contributed by atoms with Gasteiger partial charge in [0.2, 0.25) is 0 Å².